The van der Waals surface area contributed by atoms with Crippen molar-refractivity contribution < 1.29 is 14.3 Å². The molecule has 0 N–H and O–H groups in total. The summed E-state index contributed by atoms with van der Waals surface area (Å²) in [7, 11) is 0. The molecule has 6 rings (SSSR count). The molecule has 6 nitrogen and oxygen atoms in total. The van der Waals surface area contributed by atoms with Crippen LogP contribution < -0.4 is 15.0 Å². The number of rotatable bonds is 5. The van der Waals surface area contributed by atoms with Gasteiger partial charge in [-0.25, -0.2) is 4.98 Å². The summed E-state index contributed by atoms with van der Waals surface area (Å²) in [5.41, 5.74) is 2.42. The minimum Gasteiger partial charge on any atom is -0.486 e. The van der Waals surface area contributed by atoms with E-state index in [0.717, 1.165) is 47.2 Å². The van der Waals surface area contributed by atoms with Crippen molar-refractivity contribution in [1.29, 1.82) is 0 Å². The van der Waals surface area contributed by atoms with E-state index < -0.39 is 0 Å². The molecule has 0 bridgehead atoms. The fourth-order valence-electron chi connectivity index (χ4n) is 4.52. The highest BCUT2D eigenvalue weighted by atomic mass is 32.2. The number of hydrogen-bond donors (Lipinski definition) is 0. The lowest BCUT2D eigenvalue weighted by molar-refractivity contribution is 0.102. The van der Waals surface area contributed by atoms with Gasteiger partial charge in [0.2, 0.25) is 0 Å². The van der Waals surface area contributed by atoms with E-state index in [0.29, 0.717) is 35.4 Å². The Morgan fingerprint density at radius 2 is 1.82 bits per heavy atom. The molecule has 4 aromatic rings. The second kappa shape index (κ2) is 8.92. The van der Waals surface area contributed by atoms with Gasteiger partial charge in [0.25, 0.3) is 5.56 Å². The van der Waals surface area contributed by atoms with Gasteiger partial charge in [-0.1, -0.05) is 30.0 Å². The van der Waals surface area contributed by atoms with E-state index in [-0.39, 0.29) is 17.1 Å². The molecule has 0 radical (unpaired) electrons. The van der Waals surface area contributed by atoms with Crippen LogP contribution in [0.1, 0.15) is 33.6 Å². The fraction of sp³-hybridized carbons (Fsp3) is 0.269. The average molecular weight is 491 g/mol. The van der Waals surface area contributed by atoms with E-state index in [1.807, 2.05) is 30.3 Å². The number of para-hydroxylation sites is 1. The van der Waals surface area contributed by atoms with Crippen molar-refractivity contribution in [2.24, 2.45) is 0 Å². The zero-order chi connectivity index (χ0) is 23.1. The molecule has 1 aliphatic carbocycles. The summed E-state index contributed by atoms with van der Waals surface area (Å²) < 4.78 is 12.8. The maximum absolute atomic E-state index is 13.8. The number of hydrogen-bond acceptors (Lipinski definition) is 7. The molecule has 3 heterocycles. The Balaban J connectivity index is 1.38. The predicted molar refractivity (Wildman–Crippen MR) is 134 cm³/mol. The number of ketones is 1. The standard InChI is InChI=1S/C26H22N2O4S2/c29-19(16-10-11-20-21(14-16)32-13-12-31-20)15-33-26-27-24-23(18-8-4-5-9-22(18)34-24)25(30)28(26)17-6-2-1-3-7-17/h1-3,6-7,10-11,14H,4-5,8-9,12-13,15H2. The fourth-order valence-corrected chi connectivity index (χ4v) is 6.73. The maximum atomic E-state index is 13.8. The highest BCUT2D eigenvalue weighted by molar-refractivity contribution is 7.99. The van der Waals surface area contributed by atoms with Gasteiger partial charge in [0.05, 0.1) is 16.8 Å². The van der Waals surface area contributed by atoms with Crippen molar-refractivity contribution in [3.05, 3.63) is 74.9 Å². The summed E-state index contributed by atoms with van der Waals surface area (Å²) >= 11 is 2.92. The first-order valence-corrected chi connectivity index (χ1v) is 13.2. The monoisotopic (exact) mass is 490 g/mol. The van der Waals surface area contributed by atoms with E-state index in [1.54, 1.807) is 34.1 Å². The SMILES string of the molecule is O=C(CSc1nc2sc3c(c2c(=O)n1-c1ccccc1)CCCC3)c1ccc2c(c1)OCCO2. The molecule has 0 saturated carbocycles. The van der Waals surface area contributed by atoms with E-state index in [9.17, 15) is 9.59 Å². The molecule has 172 valence electrons. The lowest BCUT2D eigenvalue weighted by atomic mass is 9.97. The molecule has 2 aromatic heterocycles. The lowest BCUT2D eigenvalue weighted by Crippen LogP contribution is -2.22. The normalized spacial score (nSPS) is 14.7. The number of thioether (sulfide) groups is 1. The molecule has 0 saturated heterocycles. The van der Waals surface area contributed by atoms with Gasteiger partial charge in [-0.15, -0.1) is 11.3 Å². The Hall–Kier alpha value is -3.10. The van der Waals surface area contributed by atoms with Gasteiger partial charge in [0.15, 0.2) is 22.4 Å². The third kappa shape index (κ3) is 3.80. The van der Waals surface area contributed by atoms with Crippen LogP contribution in [0.3, 0.4) is 0 Å². The van der Waals surface area contributed by atoms with Gasteiger partial charge < -0.3 is 9.47 Å². The number of nitrogens with zero attached hydrogens (tertiary/aromatic N) is 2. The third-order valence-corrected chi connectivity index (χ3v) is 8.29. The number of Topliss-reactive ketones (excluding diaryl/α,β-unsaturated/α-hetero) is 1. The van der Waals surface area contributed by atoms with Crippen LogP contribution in [0.4, 0.5) is 0 Å². The molecule has 0 unspecified atom stereocenters. The second-order valence-electron chi connectivity index (χ2n) is 8.33. The molecule has 0 spiro atoms. The van der Waals surface area contributed by atoms with Crippen molar-refractivity contribution in [2.75, 3.05) is 19.0 Å². The van der Waals surface area contributed by atoms with Crippen LogP contribution >= 0.6 is 23.1 Å². The molecule has 0 atom stereocenters. The first-order chi connectivity index (χ1) is 16.7. The number of carbonyl (C=O) groups excluding carboxylic acids is 1. The molecular weight excluding hydrogens is 468 g/mol. The van der Waals surface area contributed by atoms with Crippen LogP contribution in [0.5, 0.6) is 11.5 Å². The van der Waals surface area contributed by atoms with Crippen LogP contribution in [0.15, 0.2) is 58.5 Å². The van der Waals surface area contributed by atoms with Crippen LogP contribution in [0.25, 0.3) is 15.9 Å². The van der Waals surface area contributed by atoms with Crippen molar-refractivity contribution in [3.8, 4) is 17.2 Å². The zero-order valence-corrected chi connectivity index (χ0v) is 20.0. The number of benzene rings is 2. The zero-order valence-electron chi connectivity index (χ0n) is 18.4. The Morgan fingerprint density at radius 3 is 2.68 bits per heavy atom. The predicted octanol–water partition coefficient (Wildman–Crippen LogP) is 5.07. The lowest BCUT2D eigenvalue weighted by Gasteiger charge is -2.18. The van der Waals surface area contributed by atoms with Gasteiger partial charge in [0.1, 0.15) is 18.0 Å². The number of thiophene rings is 1. The topological polar surface area (TPSA) is 70.4 Å². The average Bonchev–Trinajstić information content (AvgIpc) is 3.26. The molecule has 2 aromatic carbocycles. The summed E-state index contributed by atoms with van der Waals surface area (Å²) in [5.74, 6) is 1.35. The number of aromatic nitrogens is 2. The van der Waals surface area contributed by atoms with E-state index in [1.165, 1.54) is 16.6 Å². The number of carbonyl (C=O) groups is 1. The molecule has 8 heteroatoms. The van der Waals surface area contributed by atoms with Crippen LogP contribution in [-0.4, -0.2) is 34.3 Å². The van der Waals surface area contributed by atoms with Crippen molar-refractivity contribution in [2.45, 2.75) is 30.8 Å². The first-order valence-electron chi connectivity index (χ1n) is 11.4. The summed E-state index contributed by atoms with van der Waals surface area (Å²) in [6, 6.07) is 14.8. The molecule has 0 fully saturated rings. The minimum absolute atomic E-state index is 0.0510. The summed E-state index contributed by atoms with van der Waals surface area (Å²) in [6.07, 6.45) is 4.19. The third-order valence-electron chi connectivity index (χ3n) is 6.17. The molecule has 0 amide bonds. The van der Waals surface area contributed by atoms with Crippen LogP contribution in [-0.2, 0) is 12.8 Å². The quantitative estimate of drug-likeness (QED) is 0.221. The van der Waals surface area contributed by atoms with Gasteiger partial charge in [0, 0.05) is 10.4 Å². The van der Waals surface area contributed by atoms with Gasteiger partial charge in [-0.05, 0) is 61.6 Å². The number of aryl methyl sites for hydroxylation is 2. The van der Waals surface area contributed by atoms with Crippen molar-refractivity contribution in [3.63, 3.8) is 0 Å². The van der Waals surface area contributed by atoms with Gasteiger partial charge >= 0.3 is 0 Å². The maximum Gasteiger partial charge on any atom is 0.267 e. The molecule has 34 heavy (non-hydrogen) atoms. The van der Waals surface area contributed by atoms with E-state index in [4.69, 9.17) is 14.5 Å². The highest BCUT2D eigenvalue weighted by Crippen LogP contribution is 2.36. The number of fused-ring (bicyclic) bond motifs is 4. The Kier molecular flexibility index (Phi) is 5.63. The Bertz CT molecular complexity index is 1460. The van der Waals surface area contributed by atoms with Crippen molar-refractivity contribution in [1.82, 2.24) is 9.55 Å². The van der Waals surface area contributed by atoms with Crippen LogP contribution in [0, 0.1) is 0 Å². The molecule has 2 aliphatic rings. The molecular formula is C26H22N2O4S2. The largest absolute Gasteiger partial charge is 0.486 e. The summed E-state index contributed by atoms with van der Waals surface area (Å²) in [4.78, 5) is 33.7. The first kappa shape index (κ1) is 21.4. The number of ether oxygens (including phenoxy) is 2. The van der Waals surface area contributed by atoms with E-state index in [2.05, 4.69) is 0 Å². The second-order valence-corrected chi connectivity index (χ2v) is 10.4. The Morgan fingerprint density at radius 1 is 1.03 bits per heavy atom. The van der Waals surface area contributed by atoms with Crippen molar-refractivity contribution >= 4 is 39.1 Å². The highest BCUT2D eigenvalue weighted by Gasteiger charge is 2.23. The summed E-state index contributed by atoms with van der Waals surface area (Å²) in [6.45, 7) is 0.977. The minimum atomic E-state index is -0.0543. The van der Waals surface area contributed by atoms with Gasteiger partial charge in [-0.2, -0.15) is 0 Å². The van der Waals surface area contributed by atoms with Crippen LogP contribution in [0.2, 0.25) is 0 Å². The van der Waals surface area contributed by atoms with E-state index >= 15 is 0 Å². The Labute approximate surface area is 204 Å². The smallest absolute Gasteiger partial charge is 0.267 e. The molecule has 1 aliphatic heterocycles. The summed E-state index contributed by atoms with van der Waals surface area (Å²) in [5, 5.41) is 1.28. The van der Waals surface area contributed by atoms with Gasteiger partial charge in [-0.3, -0.25) is 14.2 Å².